The molecular formula is C26H30N2O6. The number of nitrogens with one attached hydrogen (secondary N) is 2. The smallest absolute Gasteiger partial charge is 0.408 e. The normalized spacial score (nSPS) is 17.2. The minimum atomic E-state index is -0.989. The summed E-state index contributed by atoms with van der Waals surface area (Å²) in [7, 11) is 1.24. The fourth-order valence-electron chi connectivity index (χ4n) is 4.06. The van der Waals surface area contributed by atoms with Gasteiger partial charge in [-0.1, -0.05) is 60.7 Å². The van der Waals surface area contributed by atoms with E-state index < -0.39 is 30.1 Å². The first-order valence-electron chi connectivity index (χ1n) is 11.4. The molecule has 0 spiro atoms. The highest BCUT2D eigenvalue weighted by molar-refractivity contribution is 5.90. The van der Waals surface area contributed by atoms with Crippen molar-refractivity contribution in [3.8, 4) is 0 Å². The van der Waals surface area contributed by atoms with Crippen LogP contribution in [0.2, 0.25) is 0 Å². The minimum absolute atomic E-state index is 0.0569. The summed E-state index contributed by atoms with van der Waals surface area (Å²) in [4.78, 5) is 50.1. The van der Waals surface area contributed by atoms with Crippen LogP contribution in [0.3, 0.4) is 0 Å². The standard InChI is InChI=1S/C26H30N2O6/c1-33-25(31)23(20-13-8-14-21(29)16-20)28-24(30)22(15-18-9-4-2-5-10-18)27-26(32)34-17-19-11-6-3-7-12-19/h2-7,9-12,20,22-23H,8,13-17H2,1H3,(H,27,32)(H,28,30)/t20-,22-,23+/m0/s1. The molecule has 3 rings (SSSR count). The SMILES string of the molecule is COC(=O)[C@H](NC(=O)[C@H](Cc1ccccc1)NC(=O)OCc1ccccc1)[C@H]1CCCC(=O)C1. The molecule has 0 aromatic heterocycles. The number of hydrogen-bond acceptors (Lipinski definition) is 6. The van der Waals surface area contributed by atoms with Crippen LogP contribution in [-0.4, -0.2) is 42.9 Å². The Morgan fingerprint density at radius 1 is 0.971 bits per heavy atom. The van der Waals surface area contributed by atoms with E-state index in [9.17, 15) is 19.2 Å². The highest BCUT2D eigenvalue weighted by Gasteiger charge is 2.36. The fraction of sp³-hybridized carbons (Fsp3) is 0.385. The Morgan fingerprint density at radius 2 is 1.62 bits per heavy atom. The molecule has 8 heteroatoms. The number of benzene rings is 2. The van der Waals surface area contributed by atoms with E-state index in [1.54, 1.807) is 0 Å². The van der Waals surface area contributed by atoms with E-state index in [4.69, 9.17) is 9.47 Å². The molecule has 2 aromatic rings. The summed E-state index contributed by atoms with van der Waals surface area (Å²) in [6, 6.07) is 16.4. The number of amides is 2. The van der Waals surface area contributed by atoms with Crippen molar-refractivity contribution in [2.75, 3.05) is 7.11 Å². The molecule has 2 N–H and O–H groups in total. The molecule has 1 fully saturated rings. The third-order valence-electron chi connectivity index (χ3n) is 5.85. The van der Waals surface area contributed by atoms with Crippen LogP contribution >= 0.6 is 0 Å². The second-order valence-electron chi connectivity index (χ2n) is 8.35. The van der Waals surface area contributed by atoms with Gasteiger partial charge in [0.1, 0.15) is 24.5 Å². The van der Waals surface area contributed by atoms with E-state index in [-0.39, 0.29) is 31.1 Å². The van der Waals surface area contributed by atoms with Gasteiger partial charge in [-0.25, -0.2) is 9.59 Å². The van der Waals surface area contributed by atoms with Gasteiger partial charge < -0.3 is 20.1 Å². The van der Waals surface area contributed by atoms with Gasteiger partial charge in [-0.05, 0) is 29.9 Å². The molecule has 2 amide bonds. The summed E-state index contributed by atoms with van der Waals surface area (Å²) in [5.41, 5.74) is 1.64. The second kappa shape index (κ2) is 12.5. The number of Topliss-reactive ketones (excluding diaryl/α,β-unsaturated/α-hetero) is 1. The number of ether oxygens (including phenoxy) is 2. The van der Waals surface area contributed by atoms with Crippen LogP contribution in [0.15, 0.2) is 60.7 Å². The summed E-state index contributed by atoms with van der Waals surface area (Å²) < 4.78 is 10.2. The van der Waals surface area contributed by atoms with E-state index in [0.29, 0.717) is 19.3 Å². The molecule has 0 heterocycles. The first-order chi connectivity index (χ1) is 16.5. The molecule has 0 unspecified atom stereocenters. The maximum atomic E-state index is 13.2. The van der Waals surface area contributed by atoms with Gasteiger partial charge in [-0.2, -0.15) is 0 Å². The number of ketones is 1. The Bertz CT molecular complexity index is 979. The van der Waals surface area contributed by atoms with Gasteiger partial charge in [0.25, 0.3) is 0 Å². The molecule has 3 atom stereocenters. The number of esters is 1. The highest BCUT2D eigenvalue weighted by atomic mass is 16.5. The van der Waals surface area contributed by atoms with Gasteiger partial charge in [0.05, 0.1) is 7.11 Å². The van der Waals surface area contributed by atoms with E-state index in [1.165, 1.54) is 7.11 Å². The Hall–Kier alpha value is -3.68. The quantitative estimate of drug-likeness (QED) is 0.550. The molecule has 180 valence electrons. The largest absolute Gasteiger partial charge is 0.467 e. The Labute approximate surface area is 199 Å². The van der Waals surface area contributed by atoms with Crippen molar-refractivity contribution in [3.63, 3.8) is 0 Å². The number of rotatable bonds is 9. The van der Waals surface area contributed by atoms with Gasteiger partial charge in [0.2, 0.25) is 5.91 Å². The number of carbonyl (C=O) groups is 4. The molecule has 1 aliphatic carbocycles. The average Bonchev–Trinajstić information content (AvgIpc) is 2.86. The van der Waals surface area contributed by atoms with Gasteiger partial charge in [-0.15, -0.1) is 0 Å². The topological polar surface area (TPSA) is 111 Å². The lowest BCUT2D eigenvalue weighted by atomic mass is 9.83. The van der Waals surface area contributed by atoms with Crippen LogP contribution in [0, 0.1) is 5.92 Å². The summed E-state index contributed by atoms with van der Waals surface area (Å²) in [6.07, 6.45) is 1.42. The lowest BCUT2D eigenvalue weighted by Crippen LogP contribution is -2.55. The number of carbonyl (C=O) groups excluding carboxylic acids is 4. The maximum Gasteiger partial charge on any atom is 0.408 e. The van der Waals surface area contributed by atoms with Crippen LogP contribution in [0.4, 0.5) is 4.79 Å². The van der Waals surface area contributed by atoms with Crippen LogP contribution in [-0.2, 0) is 36.9 Å². The highest BCUT2D eigenvalue weighted by Crippen LogP contribution is 2.25. The molecule has 8 nitrogen and oxygen atoms in total. The molecule has 1 saturated carbocycles. The lowest BCUT2D eigenvalue weighted by Gasteiger charge is -2.29. The van der Waals surface area contributed by atoms with E-state index >= 15 is 0 Å². The van der Waals surface area contributed by atoms with Gasteiger partial charge in [-0.3, -0.25) is 9.59 Å². The summed E-state index contributed by atoms with van der Waals surface area (Å²) in [6.45, 7) is 0.0569. The first kappa shape index (κ1) is 25.0. The van der Waals surface area contributed by atoms with Crippen LogP contribution < -0.4 is 10.6 Å². The fourth-order valence-corrected chi connectivity index (χ4v) is 4.06. The summed E-state index contributed by atoms with van der Waals surface area (Å²) in [5.74, 6) is -1.45. The Kier molecular flexibility index (Phi) is 9.20. The van der Waals surface area contributed by atoms with Crippen LogP contribution in [0.5, 0.6) is 0 Å². The lowest BCUT2D eigenvalue weighted by molar-refractivity contribution is -0.147. The minimum Gasteiger partial charge on any atom is -0.467 e. The number of methoxy groups -OCH3 is 1. The zero-order chi connectivity index (χ0) is 24.3. The predicted octanol–water partition coefficient (Wildman–Crippen LogP) is 2.94. The van der Waals surface area contributed by atoms with Crippen molar-refractivity contribution < 1.29 is 28.7 Å². The van der Waals surface area contributed by atoms with Crippen molar-refractivity contribution in [1.82, 2.24) is 10.6 Å². The van der Waals surface area contributed by atoms with Gasteiger partial charge in [0.15, 0.2) is 0 Å². The Morgan fingerprint density at radius 3 is 2.24 bits per heavy atom. The van der Waals surface area contributed by atoms with Crippen molar-refractivity contribution in [2.45, 2.75) is 50.8 Å². The Balaban J connectivity index is 1.71. The zero-order valence-corrected chi connectivity index (χ0v) is 19.2. The molecule has 2 aromatic carbocycles. The molecule has 0 bridgehead atoms. The monoisotopic (exact) mass is 466 g/mol. The molecule has 0 saturated heterocycles. The molecule has 34 heavy (non-hydrogen) atoms. The van der Waals surface area contributed by atoms with Gasteiger partial charge >= 0.3 is 12.1 Å². The van der Waals surface area contributed by atoms with Crippen molar-refractivity contribution in [3.05, 3.63) is 71.8 Å². The van der Waals surface area contributed by atoms with Crippen molar-refractivity contribution >= 4 is 23.8 Å². The van der Waals surface area contributed by atoms with E-state index in [1.807, 2.05) is 60.7 Å². The maximum absolute atomic E-state index is 13.2. The third kappa shape index (κ3) is 7.43. The molecule has 0 aliphatic heterocycles. The summed E-state index contributed by atoms with van der Waals surface area (Å²) in [5, 5.41) is 5.34. The number of hydrogen-bond donors (Lipinski definition) is 2. The predicted molar refractivity (Wildman–Crippen MR) is 125 cm³/mol. The van der Waals surface area contributed by atoms with E-state index in [2.05, 4.69) is 10.6 Å². The molecule has 0 radical (unpaired) electrons. The van der Waals surface area contributed by atoms with Crippen molar-refractivity contribution in [2.24, 2.45) is 5.92 Å². The molecule has 1 aliphatic rings. The van der Waals surface area contributed by atoms with Gasteiger partial charge in [0, 0.05) is 19.3 Å². The van der Waals surface area contributed by atoms with Crippen LogP contribution in [0.1, 0.15) is 36.8 Å². The van der Waals surface area contributed by atoms with Crippen LogP contribution in [0.25, 0.3) is 0 Å². The van der Waals surface area contributed by atoms with Crippen molar-refractivity contribution in [1.29, 1.82) is 0 Å². The first-order valence-corrected chi connectivity index (χ1v) is 11.4. The molecular weight excluding hydrogens is 436 g/mol. The average molecular weight is 467 g/mol. The zero-order valence-electron chi connectivity index (χ0n) is 19.2. The second-order valence-corrected chi connectivity index (χ2v) is 8.35. The van der Waals surface area contributed by atoms with E-state index in [0.717, 1.165) is 11.1 Å². The summed E-state index contributed by atoms with van der Waals surface area (Å²) >= 11 is 0. The third-order valence-corrected chi connectivity index (χ3v) is 5.85. The number of alkyl carbamates (subject to hydrolysis) is 1.